The van der Waals surface area contributed by atoms with Gasteiger partial charge in [0.2, 0.25) is 0 Å². The topological polar surface area (TPSA) is 49.9 Å². The first-order valence-corrected chi connectivity index (χ1v) is 7.25. The fourth-order valence-electron chi connectivity index (χ4n) is 2.92. The van der Waals surface area contributed by atoms with Crippen molar-refractivity contribution in [2.75, 3.05) is 13.7 Å². The van der Waals surface area contributed by atoms with Crippen LogP contribution in [0.25, 0.3) is 0 Å². The van der Waals surface area contributed by atoms with Gasteiger partial charge in [-0.15, -0.1) is 0 Å². The van der Waals surface area contributed by atoms with E-state index in [9.17, 15) is 0 Å². The normalized spacial score (nSPS) is 17.8. The Kier molecular flexibility index (Phi) is 4.02. The monoisotopic (exact) mass is 271 g/mol. The van der Waals surface area contributed by atoms with Gasteiger partial charge in [0.25, 0.3) is 0 Å². The summed E-state index contributed by atoms with van der Waals surface area (Å²) in [5.74, 6) is 1.99. The molecule has 1 aliphatic carbocycles. The summed E-state index contributed by atoms with van der Waals surface area (Å²) < 4.78 is 5.35. The van der Waals surface area contributed by atoms with Crippen LogP contribution in [-0.2, 0) is 12.8 Å². The fraction of sp³-hybridized carbons (Fsp3) is 0.438. The van der Waals surface area contributed by atoms with E-state index >= 15 is 0 Å². The molecule has 1 aromatic heterocycles. The quantitative estimate of drug-likeness (QED) is 0.879. The van der Waals surface area contributed by atoms with Gasteiger partial charge in [0, 0.05) is 31.4 Å². The Morgan fingerprint density at radius 3 is 3.20 bits per heavy atom. The van der Waals surface area contributed by atoms with Crippen LogP contribution in [0.4, 0.5) is 0 Å². The number of methoxy groups -OCH3 is 1. The number of rotatable bonds is 5. The number of hydrogen-bond acceptors (Lipinski definition) is 3. The van der Waals surface area contributed by atoms with Crippen molar-refractivity contribution >= 4 is 0 Å². The third-order valence-corrected chi connectivity index (χ3v) is 3.97. The van der Waals surface area contributed by atoms with E-state index in [-0.39, 0.29) is 0 Å². The van der Waals surface area contributed by atoms with Gasteiger partial charge in [-0.25, -0.2) is 4.98 Å². The molecule has 4 nitrogen and oxygen atoms in total. The van der Waals surface area contributed by atoms with E-state index in [2.05, 4.69) is 33.5 Å². The molecule has 0 saturated heterocycles. The van der Waals surface area contributed by atoms with Crippen LogP contribution < -0.4 is 10.1 Å². The minimum atomic E-state index is 0.434. The van der Waals surface area contributed by atoms with Gasteiger partial charge >= 0.3 is 0 Å². The molecule has 1 heterocycles. The standard InChI is InChI=1S/C16H21N3O/c1-20-13-6-5-12-3-2-4-15(14(12)11-13)17-8-7-16-18-9-10-19-16/h5-6,9-11,15,17H,2-4,7-8H2,1H3,(H,18,19). The van der Waals surface area contributed by atoms with Crippen molar-refractivity contribution in [3.63, 3.8) is 0 Å². The fourth-order valence-corrected chi connectivity index (χ4v) is 2.92. The number of imidazole rings is 1. The number of nitrogens with one attached hydrogen (secondary N) is 2. The van der Waals surface area contributed by atoms with Gasteiger partial charge in [0.1, 0.15) is 11.6 Å². The zero-order chi connectivity index (χ0) is 13.8. The van der Waals surface area contributed by atoms with Gasteiger partial charge in [0.05, 0.1) is 7.11 Å². The molecule has 106 valence electrons. The van der Waals surface area contributed by atoms with Crippen molar-refractivity contribution in [1.29, 1.82) is 0 Å². The van der Waals surface area contributed by atoms with E-state index in [0.717, 1.165) is 24.5 Å². The maximum atomic E-state index is 5.35. The van der Waals surface area contributed by atoms with E-state index in [1.54, 1.807) is 13.3 Å². The van der Waals surface area contributed by atoms with Gasteiger partial charge in [-0.3, -0.25) is 0 Å². The molecule has 0 amide bonds. The van der Waals surface area contributed by atoms with Crippen LogP contribution in [0, 0.1) is 0 Å². The number of fused-ring (bicyclic) bond motifs is 1. The molecule has 1 aromatic carbocycles. The number of ether oxygens (including phenoxy) is 1. The van der Waals surface area contributed by atoms with Crippen LogP contribution >= 0.6 is 0 Å². The Hall–Kier alpha value is -1.81. The third kappa shape index (κ3) is 2.85. The second-order valence-electron chi connectivity index (χ2n) is 5.25. The highest BCUT2D eigenvalue weighted by Gasteiger charge is 2.20. The summed E-state index contributed by atoms with van der Waals surface area (Å²) in [6.07, 6.45) is 8.22. The Balaban J connectivity index is 1.66. The second kappa shape index (κ2) is 6.09. The molecule has 4 heteroatoms. The molecular formula is C16H21N3O. The van der Waals surface area contributed by atoms with Crippen LogP contribution in [0.2, 0.25) is 0 Å². The summed E-state index contributed by atoms with van der Waals surface area (Å²) in [7, 11) is 1.73. The Labute approximate surface area is 119 Å². The van der Waals surface area contributed by atoms with Gasteiger partial charge in [-0.05, 0) is 42.5 Å². The molecular weight excluding hydrogens is 250 g/mol. The number of aryl methyl sites for hydroxylation is 1. The highest BCUT2D eigenvalue weighted by Crippen LogP contribution is 2.32. The molecule has 2 N–H and O–H groups in total. The van der Waals surface area contributed by atoms with Crippen molar-refractivity contribution < 1.29 is 4.74 Å². The van der Waals surface area contributed by atoms with Crippen LogP contribution in [0.15, 0.2) is 30.6 Å². The summed E-state index contributed by atoms with van der Waals surface area (Å²) >= 11 is 0. The maximum Gasteiger partial charge on any atom is 0.119 e. The lowest BCUT2D eigenvalue weighted by molar-refractivity contribution is 0.409. The van der Waals surface area contributed by atoms with E-state index in [1.165, 1.54) is 30.4 Å². The number of aromatic amines is 1. The zero-order valence-electron chi connectivity index (χ0n) is 11.9. The van der Waals surface area contributed by atoms with Crippen molar-refractivity contribution in [3.8, 4) is 5.75 Å². The van der Waals surface area contributed by atoms with Crippen LogP contribution in [0.1, 0.15) is 35.8 Å². The predicted octanol–water partition coefficient (Wildman–Crippen LogP) is 2.63. The molecule has 0 bridgehead atoms. The molecule has 0 aliphatic heterocycles. The van der Waals surface area contributed by atoms with E-state index in [1.807, 2.05) is 6.20 Å². The number of hydrogen-bond donors (Lipinski definition) is 2. The number of benzene rings is 1. The molecule has 0 radical (unpaired) electrons. The highest BCUT2D eigenvalue weighted by molar-refractivity contribution is 5.39. The molecule has 0 spiro atoms. The molecule has 2 aromatic rings. The van der Waals surface area contributed by atoms with Crippen molar-refractivity contribution in [2.24, 2.45) is 0 Å². The largest absolute Gasteiger partial charge is 0.497 e. The zero-order valence-corrected chi connectivity index (χ0v) is 11.9. The lowest BCUT2D eigenvalue weighted by Crippen LogP contribution is -2.27. The number of aromatic nitrogens is 2. The lowest BCUT2D eigenvalue weighted by Gasteiger charge is -2.27. The number of H-pyrrole nitrogens is 1. The van der Waals surface area contributed by atoms with Gasteiger partial charge in [-0.1, -0.05) is 6.07 Å². The highest BCUT2D eigenvalue weighted by atomic mass is 16.5. The second-order valence-corrected chi connectivity index (χ2v) is 5.25. The molecule has 3 rings (SSSR count). The third-order valence-electron chi connectivity index (χ3n) is 3.97. The van der Waals surface area contributed by atoms with Gasteiger partial charge < -0.3 is 15.0 Å². The van der Waals surface area contributed by atoms with Gasteiger partial charge in [-0.2, -0.15) is 0 Å². The van der Waals surface area contributed by atoms with Crippen LogP contribution in [0.5, 0.6) is 5.75 Å². The average Bonchev–Trinajstić information content (AvgIpc) is 3.00. The van der Waals surface area contributed by atoms with Crippen LogP contribution in [-0.4, -0.2) is 23.6 Å². The Morgan fingerprint density at radius 1 is 1.45 bits per heavy atom. The van der Waals surface area contributed by atoms with Crippen molar-refractivity contribution in [3.05, 3.63) is 47.5 Å². The Morgan fingerprint density at radius 2 is 2.40 bits per heavy atom. The summed E-state index contributed by atoms with van der Waals surface area (Å²) in [6.45, 7) is 0.939. The molecule has 0 saturated carbocycles. The lowest BCUT2D eigenvalue weighted by atomic mass is 9.87. The maximum absolute atomic E-state index is 5.35. The first-order valence-electron chi connectivity index (χ1n) is 7.25. The summed E-state index contributed by atoms with van der Waals surface area (Å²) in [4.78, 5) is 7.40. The molecule has 0 fully saturated rings. The summed E-state index contributed by atoms with van der Waals surface area (Å²) in [6, 6.07) is 6.88. The van der Waals surface area contributed by atoms with Crippen LogP contribution in [0.3, 0.4) is 0 Å². The smallest absolute Gasteiger partial charge is 0.119 e. The summed E-state index contributed by atoms with van der Waals surface area (Å²) in [5, 5.41) is 3.65. The average molecular weight is 271 g/mol. The van der Waals surface area contributed by atoms with E-state index in [0.29, 0.717) is 6.04 Å². The minimum Gasteiger partial charge on any atom is -0.497 e. The Bertz CT molecular complexity index is 551. The predicted molar refractivity (Wildman–Crippen MR) is 79.0 cm³/mol. The minimum absolute atomic E-state index is 0.434. The van der Waals surface area contributed by atoms with Gasteiger partial charge in [0.15, 0.2) is 0 Å². The molecule has 1 atom stereocenters. The van der Waals surface area contributed by atoms with E-state index < -0.39 is 0 Å². The number of nitrogens with zero attached hydrogens (tertiary/aromatic N) is 1. The summed E-state index contributed by atoms with van der Waals surface area (Å²) in [5.41, 5.74) is 2.85. The van der Waals surface area contributed by atoms with Crippen molar-refractivity contribution in [1.82, 2.24) is 15.3 Å². The molecule has 1 aliphatic rings. The SMILES string of the molecule is COc1ccc2c(c1)C(NCCc1ncc[nH]1)CCC2. The molecule has 20 heavy (non-hydrogen) atoms. The first kappa shape index (κ1) is 13.2. The first-order chi connectivity index (χ1) is 9.86. The van der Waals surface area contributed by atoms with Crippen molar-refractivity contribution in [2.45, 2.75) is 31.7 Å². The molecule has 1 unspecified atom stereocenters. The van der Waals surface area contributed by atoms with E-state index in [4.69, 9.17) is 4.74 Å².